The van der Waals surface area contributed by atoms with Crippen molar-refractivity contribution < 1.29 is 4.74 Å². The lowest BCUT2D eigenvalue weighted by molar-refractivity contribution is 0.414. The molecule has 0 unspecified atom stereocenters. The highest BCUT2D eigenvalue weighted by Crippen LogP contribution is 2.12. The Morgan fingerprint density at radius 2 is 1.84 bits per heavy atom. The minimum atomic E-state index is 0.812. The average molecular weight is 256 g/mol. The first-order valence-corrected chi connectivity index (χ1v) is 6.46. The fourth-order valence-corrected chi connectivity index (χ4v) is 2.00. The number of ether oxygens (including phenoxy) is 1. The van der Waals surface area contributed by atoms with E-state index in [-0.39, 0.29) is 0 Å². The van der Waals surface area contributed by atoms with Crippen molar-refractivity contribution in [3.63, 3.8) is 0 Å². The summed E-state index contributed by atoms with van der Waals surface area (Å²) in [6, 6.07) is 16.1. The molecule has 0 radical (unpaired) electrons. The van der Waals surface area contributed by atoms with Crippen molar-refractivity contribution in [1.82, 2.24) is 5.32 Å². The van der Waals surface area contributed by atoms with Crippen molar-refractivity contribution in [2.45, 2.75) is 13.0 Å². The molecular weight excluding hydrogens is 236 g/mol. The highest BCUT2D eigenvalue weighted by molar-refractivity contribution is 5.40. The molecule has 19 heavy (non-hydrogen) atoms. The average Bonchev–Trinajstić information content (AvgIpc) is 2.44. The summed E-state index contributed by atoms with van der Waals surface area (Å²) in [4.78, 5) is 0. The summed E-state index contributed by atoms with van der Waals surface area (Å²) in [5.74, 6) is 0.910. The van der Waals surface area contributed by atoms with Crippen molar-refractivity contribution in [1.29, 1.82) is 0 Å². The van der Waals surface area contributed by atoms with Gasteiger partial charge < -0.3 is 15.8 Å². The fourth-order valence-electron chi connectivity index (χ4n) is 2.00. The van der Waals surface area contributed by atoms with Crippen LogP contribution in [-0.4, -0.2) is 13.7 Å². The molecule has 0 atom stereocenters. The van der Waals surface area contributed by atoms with Crippen molar-refractivity contribution in [2.75, 3.05) is 19.4 Å². The van der Waals surface area contributed by atoms with Crippen molar-refractivity contribution in [3.8, 4) is 5.75 Å². The van der Waals surface area contributed by atoms with Gasteiger partial charge in [-0.2, -0.15) is 0 Å². The summed E-state index contributed by atoms with van der Waals surface area (Å²) in [5.41, 5.74) is 9.05. The molecule has 2 aromatic carbocycles. The number of anilines is 1. The van der Waals surface area contributed by atoms with Gasteiger partial charge in [-0.05, 0) is 48.4 Å². The zero-order chi connectivity index (χ0) is 13.5. The molecule has 100 valence electrons. The van der Waals surface area contributed by atoms with Crippen LogP contribution in [0.15, 0.2) is 48.5 Å². The number of nitrogen functional groups attached to an aromatic ring is 1. The number of hydrogen-bond donors (Lipinski definition) is 2. The zero-order valence-corrected chi connectivity index (χ0v) is 11.2. The molecule has 0 heterocycles. The minimum Gasteiger partial charge on any atom is -0.497 e. The smallest absolute Gasteiger partial charge is 0.119 e. The predicted octanol–water partition coefficient (Wildman–Crippen LogP) is 2.61. The molecule has 0 aliphatic heterocycles. The lowest BCUT2D eigenvalue weighted by Gasteiger charge is -2.07. The van der Waals surface area contributed by atoms with Crippen LogP contribution >= 0.6 is 0 Å². The molecule has 0 aliphatic carbocycles. The van der Waals surface area contributed by atoms with Crippen LogP contribution in [0.5, 0.6) is 5.75 Å². The van der Waals surface area contributed by atoms with Crippen LogP contribution in [0.2, 0.25) is 0 Å². The molecule has 0 amide bonds. The first-order valence-electron chi connectivity index (χ1n) is 6.46. The number of rotatable bonds is 6. The van der Waals surface area contributed by atoms with Crippen LogP contribution in [0.3, 0.4) is 0 Å². The van der Waals surface area contributed by atoms with E-state index in [4.69, 9.17) is 10.5 Å². The number of benzene rings is 2. The van der Waals surface area contributed by atoms with Crippen molar-refractivity contribution in [2.24, 2.45) is 0 Å². The van der Waals surface area contributed by atoms with Crippen molar-refractivity contribution >= 4 is 5.69 Å². The van der Waals surface area contributed by atoms with Crippen LogP contribution < -0.4 is 15.8 Å². The molecule has 0 saturated carbocycles. The summed E-state index contributed by atoms with van der Waals surface area (Å²) >= 11 is 0. The van der Waals surface area contributed by atoms with E-state index < -0.39 is 0 Å². The fraction of sp³-hybridized carbons (Fsp3) is 0.250. The van der Waals surface area contributed by atoms with Gasteiger partial charge in [0.25, 0.3) is 0 Å². The molecule has 0 spiro atoms. The predicted molar refractivity (Wildman–Crippen MR) is 79.3 cm³/mol. The maximum absolute atomic E-state index is 5.74. The van der Waals surface area contributed by atoms with E-state index in [9.17, 15) is 0 Å². The van der Waals surface area contributed by atoms with Gasteiger partial charge in [0, 0.05) is 12.2 Å². The van der Waals surface area contributed by atoms with Crippen LogP contribution in [-0.2, 0) is 13.0 Å². The standard InChI is InChI=1S/C16H20N2O/c1-19-16-7-3-4-13(11-16)8-9-18-12-14-5-2-6-15(17)10-14/h2-7,10-11,18H,8-9,12,17H2,1H3. The van der Waals surface area contributed by atoms with E-state index in [2.05, 4.69) is 23.5 Å². The normalized spacial score (nSPS) is 10.4. The third-order valence-electron chi connectivity index (χ3n) is 3.00. The Balaban J connectivity index is 1.77. The minimum absolute atomic E-state index is 0.812. The van der Waals surface area contributed by atoms with Gasteiger partial charge in [-0.1, -0.05) is 24.3 Å². The Hall–Kier alpha value is -2.00. The van der Waals surface area contributed by atoms with E-state index in [1.807, 2.05) is 30.3 Å². The zero-order valence-electron chi connectivity index (χ0n) is 11.2. The Bertz CT molecular complexity index is 526. The summed E-state index contributed by atoms with van der Waals surface area (Å²) in [6.07, 6.45) is 0.986. The summed E-state index contributed by atoms with van der Waals surface area (Å²) in [6.45, 7) is 1.77. The van der Waals surface area contributed by atoms with Crippen LogP contribution in [0.4, 0.5) is 5.69 Å². The summed E-state index contributed by atoms with van der Waals surface area (Å²) < 4.78 is 5.21. The molecule has 2 rings (SSSR count). The topological polar surface area (TPSA) is 47.3 Å². The van der Waals surface area contributed by atoms with E-state index in [1.54, 1.807) is 7.11 Å². The maximum atomic E-state index is 5.74. The quantitative estimate of drug-likeness (QED) is 0.617. The lowest BCUT2D eigenvalue weighted by atomic mass is 10.1. The van der Waals surface area contributed by atoms with Crippen LogP contribution in [0.1, 0.15) is 11.1 Å². The second-order valence-electron chi connectivity index (χ2n) is 4.52. The second kappa shape index (κ2) is 6.81. The van der Waals surface area contributed by atoms with E-state index in [1.165, 1.54) is 11.1 Å². The molecule has 0 saturated heterocycles. The SMILES string of the molecule is COc1cccc(CCNCc2cccc(N)c2)c1. The third kappa shape index (κ3) is 4.30. The Labute approximate surface area is 114 Å². The van der Waals surface area contributed by atoms with Gasteiger partial charge in [0.05, 0.1) is 7.11 Å². The van der Waals surface area contributed by atoms with Gasteiger partial charge in [-0.25, -0.2) is 0 Å². The Morgan fingerprint density at radius 3 is 2.63 bits per heavy atom. The monoisotopic (exact) mass is 256 g/mol. The number of nitrogens with one attached hydrogen (secondary N) is 1. The van der Waals surface area contributed by atoms with Crippen LogP contribution in [0.25, 0.3) is 0 Å². The Morgan fingerprint density at radius 1 is 1.05 bits per heavy atom. The largest absolute Gasteiger partial charge is 0.497 e. The third-order valence-corrected chi connectivity index (χ3v) is 3.00. The molecule has 3 heteroatoms. The molecule has 3 nitrogen and oxygen atoms in total. The molecule has 0 bridgehead atoms. The molecule has 3 N–H and O–H groups in total. The molecule has 0 aromatic heterocycles. The van der Waals surface area contributed by atoms with Gasteiger partial charge in [-0.15, -0.1) is 0 Å². The van der Waals surface area contributed by atoms with Gasteiger partial charge in [0.2, 0.25) is 0 Å². The summed E-state index contributed by atoms with van der Waals surface area (Å²) in [7, 11) is 1.69. The molecule has 2 aromatic rings. The van der Waals surface area contributed by atoms with E-state index in [0.717, 1.165) is 30.9 Å². The van der Waals surface area contributed by atoms with Gasteiger partial charge in [0.1, 0.15) is 5.75 Å². The van der Waals surface area contributed by atoms with E-state index >= 15 is 0 Å². The number of methoxy groups -OCH3 is 1. The summed E-state index contributed by atoms with van der Waals surface area (Å²) in [5, 5.41) is 3.42. The second-order valence-corrected chi connectivity index (χ2v) is 4.52. The van der Waals surface area contributed by atoms with E-state index in [0.29, 0.717) is 0 Å². The maximum Gasteiger partial charge on any atom is 0.119 e. The first kappa shape index (κ1) is 13.4. The van der Waals surface area contributed by atoms with Crippen LogP contribution in [0, 0.1) is 0 Å². The molecule has 0 aliphatic rings. The highest BCUT2D eigenvalue weighted by Gasteiger charge is 1.97. The first-order chi connectivity index (χ1) is 9.28. The number of nitrogens with two attached hydrogens (primary N) is 1. The van der Waals surface area contributed by atoms with Gasteiger partial charge >= 0.3 is 0 Å². The lowest BCUT2D eigenvalue weighted by Crippen LogP contribution is -2.16. The van der Waals surface area contributed by atoms with Gasteiger partial charge in [0.15, 0.2) is 0 Å². The highest BCUT2D eigenvalue weighted by atomic mass is 16.5. The van der Waals surface area contributed by atoms with Gasteiger partial charge in [-0.3, -0.25) is 0 Å². The molecule has 0 fully saturated rings. The number of hydrogen-bond acceptors (Lipinski definition) is 3. The molecular formula is C16H20N2O. The Kier molecular flexibility index (Phi) is 4.81. The van der Waals surface area contributed by atoms with Crippen molar-refractivity contribution in [3.05, 3.63) is 59.7 Å².